The largest absolute Gasteiger partial charge is 0.462 e. The van der Waals surface area contributed by atoms with Crippen molar-refractivity contribution in [3.63, 3.8) is 0 Å². The van der Waals surface area contributed by atoms with Crippen molar-refractivity contribution in [3.05, 3.63) is 24.8 Å². The summed E-state index contributed by atoms with van der Waals surface area (Å²) in [6, 6.07) is 0. The lowest BCUT2D eigenvalue weighted by Crippen LogP contribution is -2.56. The Hall–Kier alpha value is -0.840. The minimum absolute atomic E-state index is 0.00137. The Morgan fingerprint density at radius 2 is 1.53 bits per heavy atom. The summed E-state index contributed by atoms with van der Waals surface area (Å²) in [4.78, 5) is 12.4. The number of carbonyl (C=O) groups excluding carboxylic acids is 1. The molecule has 1 heterocycles. The van der Waals surface area contributed by atoms with Crippen molar-refractivity contribution in [1.29, 1.82) is 0 Å². The molecule has 0 spiro atoms. The highest BCUT2D eigenvalue weighted by Gasteiger charge is 2.60. The van der Waals surface area contributed by atoms with Gasteiger partial charge >= 0.3 is 5.97 Å². The number of rotatable bonds is 29. The predicted octanol–water partition coefficient (Wildman–Crippen LogP) is 11.3. The molecule has 43 heavy (non-hydrogen) atoms. The second-order valence-corrected chi connectivity index (χ2v) is 13.7. The summed E-state index contributed by atoms with van der Waals surface area (Å²) in [7, 11) is 0. The zero-order valence-electron chi connectivity index (χ0n) is 29.2. The van der Waals surface area contributed by atoms with E-state index in [4.69, 9.17) is 25.8 Å². The van der Waals surface area contributed by atoms with Crippen molar-refractivity contribution in [2.24, 2.45) is 22.2 Å². The molecule has 0 amide bonds. The zero-order valence-corrected chi connectivity index (χ0v) is 30.0. The normalized spacial score (nSPS) is 18.4. The first-order valence-electron chi connectivity index (χ1n) is 17.9. The van der Waals surface area contributed by atoms with E-state index in [0.717, 1.165) is 77.4 Å². The molecule has 0 aromatic carbocycles. The maximum absolute atomic E-state index is 12.4. The lowest BCUT2D eigenvalue weighted by molar-refractivity contribution is -0.146. The fraction of sp³-hybridized carbons (Fsp3) is 0.868. The van der Waals surface area contributed by atoms with Crippen LogP contribution in [0.2, 0.25) is 0 Å². The van der Waals surface area contributed by atoms with E-state index in [1.54, 1.807) is 6.92 Å². The second kappa shape index (κ2) is 21.8. The maximum atomic E-state index is 12.4. The van der Waals surface area contributed by atoms with Gasteiger partial charge in [0.1, 0.15) is 6.10 Å². The van der Waals surface area contributed by atoms with Gasteiger partial charge in [0.05, 0.1) is 19.8 Å². The van der Waals surface area contributed by atoms with Gasteiger partial charge in [0, 0.05) is 18.1 Å². The molecule has 0 aliphatic carbocycles. The highest BCUT2D eigenvalue weighted by atomic mass is 35.5. The summed E-state index contributed by atoms with van der Waals surface area (Å²) < 4.78 is 17.3. The number of hydrogen-bond donors (Lipinski definition) is 0. The molecule has 0 aromatic rings. The standard InChI is InChI=1S/C38H69ClO4/c1-9-15-17-22-33(21-16-10-2)37(24-19-28-41-30-34-31-43-34,25-20-29-42-35(40)32(7)8)38(23-11-3,26-18-27-39)36(12-4,13-5)14-6/h12,33-34H,4,7,9-11,13-31H2,1-3,5-6,8H3. The molecule has 4 atom stereocenters. The summed E-state index contributed by atoms with van der Waals surface area (Å²) in [5, 5.41) is 0. The van der Waals surface area contributed by atoms with Crippen molar-refractivity contribution < 1.29 is 19.0 Å². The third-order valence-electron chi connectivity index (χ3n) is 10.8. The highest BCUT2D eigenvalue weighted by Crippen LogP contribution is 2.68. The van der Waals surface area contributed by atoms with Crippen LogP contribution < -0.4 is 0 Å². The number of ether oxygens (including phenoxy) is 3. The Kier molecular flexibility index (Phi) is 20.4. The predicted molar refractivity (Wildman–Crippen MR) is 185 cm³/mol. The van der Waals surface area contributed by atoms with Gasteiger partial charge in [-0.25, -0.2) is 4.79 Å². The van der Waals surface area contributed by atoms with E-state index in [-0.39, 0.29) is 28.3 Å². The Morgan fingerprint density at radius 1 is 0.907 bits per heavy atom. The molecular formula is C38H69ClO4. The topological polar surface area (TPSA) is 48.1 Å². The molecule has 5 heteroatoms. The molecule has 4 nitrogen and oxygen atoms in total. The van der Waals surface area contributed by atoms with Crippen LogP contribution in [0.3, 0.4) is 0 Å². The van der Waals surface area contributed by atoms with Crippen molar-refractivity contribution in [2.45, 2.75) is 157 Å². The summed E-state index contributed by atoms with van der Waals surface area (Å²) in [5.41, 5.74) is 0.556. The summed E-state index contributed by atoms with van der Waals surface area (Å²) in [6.07, 6.45) is 22.0. The van der Waals surface area contributed by atoms with E-state index >= 15 is 0 Å². The average molecular weight is 625 g/mol. The van der Waals surface area contributed by atoms with E-state index in [2.05, 4.69) is 53.9 Å². The van der Waals surface area contributed by atoms with Crippen LogP contribution in [0, 0.1) is 22.2 Å². The first kappa shape index (κ1) is 40.2. The minimum Gasteiger partial charge on any atom is -0.462 e. The SMILES string of the molecule is C=CC(CC)(CC)C(CCC)(CCCCl)C(CCCOCC1CO1)(CCCOC(=O)C(=C)C)C(CCCC)CCCCC. The van der Waals surface area contributed by atoms with E-state index in [0.29, 0.717) is 30.6 Å². The molecule has 0 N–H and O–H groups in total. The van der Waals surface area contributed by atoms with Crippen molar-refractivity contribution in [1.82, 2.24) is 0 Å². The second-order valence-electron chi connectivity index (χ2n) is 13.3. The molecule has 0 saturated carbocycles. The van der Waals surface area contributed by atoms with Gasteiger partial charge in [0.2, 0.25) is 0 Å². The van der Waals surface area contributed by atoms with Gasteiger partial charge in [-0.3, -0.25) is 0 Å². The quantitative estimate of drug-likeness (QED) is 0.0207. The third kappa shape index (κ3) is 11.5. The number of carbonyl (C=O) groups is 1. The smallest absolute Gasteiger partial charge is 0.333 e. The van der Waals surface area contributed by atoms with Crippen LogP contribution in [-0.4, -0.2) is 44.4 Å². The molecule has 1 rings (SSSR count). The monoisotopic (exact) mass is 624 g/mol. The fourth-order valence-corrected chi connectivity index (χ4v) is 8.69. The summed E-state index contributed by atoms with van der Waals surface area (Å²) in [5.74, 6) is 0.983. The lowest BCUT2D eigenvalue weighted by atomic mass is 9.40. The average Bonchev–Trinajstić information content (AvgIpc) is 3.84. The molecule has 1 aliphatic heterocycles. The van der Waals surface area contributed by atoms with E-state index in [1.165, 1.54) is 44.9 Å². The van der Waals surface area contributed by atoms with Crippen LogP contribution in [0.5, 0.6) is 0 Å². The Bertz CT molecular complexity index is 774. The van der Waals surface area contributed by atoms with Crippen molar-refractivity contribution >= 4 is 17.6 Å². The Labute approximate surface area is 272 Å². The number of unbranched alkanes of at least 4 members (excludes halogenated alkanes) is 3. The van der Waals surface area contributed by atoms with Gasteiger partial charge in [-0.1, -0.05) is 85.8 Å². The number of esters is 1. The third-order valence-corrected chi connectivity index (χ3v) is 11.1. The van der Waals surface area contributed by atoms with Gasteiger partial charge in [0.15, 0.2) is 0 Å². The Balaban J connectivity index is 3.83. The Morgan fingerprint density at radius 3 is 2.05 bits per heavy atom. The molecular weight excluding hydrogens is 556 g/mol. The first-order valence-corrected chi connectivity index (χ1v) is 18.5. The van der Waals surface area contributed by atoms with Gasteiger partial charge in [0.25, 0.3) is 0 Å². The van der Waals surface area contributed by atoms with E-state index in [9.17, 15) is 4.79 Å². The van der Waals surface area contributed by atoms with Crippen LogP contribution in [0.1, 0.15) is 151 Å². The highest BCUT2D eigenvalue weighted by molar-refractivity contribution is 6.17. The van der Waals surface area contributed by atoms with Gasteiger partial charge in [-0.05, 0) is 99.7 Å². The maximum Gasteiger partial charge on any atom is 0.333 e. The number of alkyl halides is 1. The van der Waals surface area contributed by atoms with Crippen molar-refractivity contribution in [2.75, 3.05) is 32.3 Å². The van der Waals surface area contributed by atoms with Crippen LogP contribution in [0.15, 0.2) is 24.8 Å². The van der Waals surface area contributed by atoms with Crippen LogP contribution >= 0.6 is 11.6 Å². The lowest BCUT2D eigenvalue weighted by Gasteiger charge is -2.64. The number of halogens is 1. The summed E-state index contributed by atoms with van der Waals surface area (Å²) in [6.45, 7) is 24.6. The van der Waals surface area contributed by atoms with Gasteiger partial charge < -0.3 is 14.2 Å². The van der Waals surface area contributed by atoms with Crippen LogP contribution in [0.4, 0.5) is 0 Å². The van der Waals surface area contributed by atoms with Crippen LogP contribution in [-0.2, 0) is 19.0 Å². The number of hydrogen-bond acceptors (Lipinski definition) is 4. The molecule has 1 fully saturated rings. The first-order chi connectivity index (χ1) is 20.7. The van der Waals surface area contributed by atoms with E-state index in [1.807, 2.05) is 0 Å². The fourth-order valence-electron chi connectivity index (χ4n) is 8.56. The summed E-state index contributed by atoms with van der Waals surface area (Å²) >= 11 is 6.55. The molecule has 252 valence electrons. The zero-order chi connectivity index (χ0) is 32.2. The molecule has 0 bridgehead atoms. The van der Waals surface area contributed by atoms with Crippen LogP contribution in [0.25, 0.3) is 0 Å². The van der Waals surface area contributed by atoms with Crippen molar-refractivity contribution in [3.8, 4) is 0 Å². The number of epoxide rings is 1. The van der Waals surface area contributed by atoms with E-state index < -0.39 is 0 Å². The molecule has 0 radical (unpaired) electrons. The molecule has 1 aliphatic rings. The molecule has 0 aromatic heterocycles. The molecule has 4 unspecified atom stereocenters. The van der Waals surface area contributed by atoms with Gasteiger partial charge in [-0.2, -0.15) is 0 Å². The number of allylic oxidation sites excluding steroid dienone is 1. The minimum atomic E-state index is -0.281. The van der Waals surface area contributed by atoms with Gasteiger partial charge in [-0.15, -0.1) is 18.2 Å². The molecule has 1 saturated heterocycles.